The number of ether oxygens (including phenoxy) is 1. The van der Waals surface area contributed by atoms with Gasteiger partial charge < -0.3 is 15.4 Å². The van der Waals surface area contributed by atoms with Crippen molar-refractivity contribution in [3.05, 3.63) is 17.6 Å². The fraction of sp³-hybridized carbons (Fsp3) is 0.615. The zero-order valence-corrected chi connectivity index (χ0v) is 11.0. The number of carbonyl (C=O) groups excluding carboxylic acids is 1. The number of carbonyl (C=O) groups is 1. The summed E-state index contributed by atoms with van der Waals surface area (Å²) in [5, 5.41) is 0. The van der Waals surface area contributed by atoms with Gasteiger partial charge in [-0.3, -0.25) is 4.79 Å². The molecule has 1 aliphatic heterocycles. The predicted octanol–water partition coefficient (Wildman–Crippen LogP) is 0.678. The molecule has 0 aromatic carbocycles. The second-order valence-corrected chi connectivity index (χ2v) is 5.20. The first-order valence-electron chi connectivity index (χ1n) is 6.64. The summed E-state index contributed by atoms with van der Waals surface area (Å²) in [5.41, 5.74) is 5.66. The Morgan fingerprint density at radius 3 is 2.79 bits per heavy atom. The number of hydrogen-bond donors (Lipinski definition) is 1. The van der Waals surface area contributed by atoms with Crippen LogP contribution < -0.4 is 10.6 Å². The van der Waals surface area contributed by atoms with Gasteiger partial charge in [-0.2, -0.15) is 0 Å². The Balaban J connectivity index is 1.89. The van der Waals surface area contributed by atoms with E-state index in [0.717, 1.165) is 44.0 Å². The standard InChI is InChI=1S/C13H18N4O2/c1-19-9-4-5-17(7-9)11-6-10(12(14)18)15-13(16-11)8-2-3-8/h6,8-9H,2-5,7H2,1H3,(H2,14,18)/t9-/m0/s1. The van der Waals surface area contributed by atoms with Gasteiger partial charge in [-0.25, -0.2) is 9.97 Å². The van der Waals surface area contributed by atoms with E-state index in [4.69, 9.17) is 10.5 Å². The molecule has 1 aliphatic carbocycles. The summed E-state index contributed by atoms with van der Waals surface area (Å²) >= 11 is 0. The molecule has 102 valence electrons. The first kappa shape index (κ1) is 12.3. The maximum Gasteiger partial charge on any atom is 0.267 e. The van der Waals surface area contributed by atoms with Crippen molar-refractivity contribution in [1.82, 2.24) is 9.97 Å². The van der Waals surface area contributed by atoms with Crippen LogP contribution in [0.15, 0.2) is 6.07 Å². The number of rotatable bonds is 4. The lowest BCUT2D eigenvalue weighted by molar-refractivity contribution is 0.0995. The average Bonchev–Trinajstić information content (AvgIpc) is 3.16. The molecule has 19 heavy (non-hydrogen) atoms. The van der Waals surface area contributed by atoms with E-state index in [1.54, 1.807) is 13.2 Å². The highest BCUT2D eigenvalue weighted by Crippen LogP contribution is 2.38. The van der Waals surface area contributed by atoms with Gasteiger partial charge in [0.15, 0.2) is 0 Å². The number of anilines is 1. The summed E-state index contributed by atoms with van der Waals surface area (Å²) in [6.45, 7) is 1.69. The molecule has 1 saturated carbocycles. The smallest absolute Gasteiger partial charge is 0.267 e. The van der Waals surface area contributed by atoms with Crippen molar-refractivity contribution in [2.75, 3.05) is 25.1 Å². The van der Waals surface area contributed by atoms with E-state index in [1.807, 2.05) is 0 Å². The third-order valence-corrected chi connectivity index (χ3v) is 3.73. The summed E-state index contributed by atoms with van der Waals surface area (Å²) in [4.78, 5) is 22.3. The molecule has 2 N–H and O–H groups in total. The van der Waals surface area contributed by atoms with E-state index in [0.29, 0.717) is 11.6 Å². The van der Waals surface area contributed by atoms with Crippen LogP contribution in [-0.4, -0.2) is 42.2 Å². The fourth-order valence-electron chi connectivity index (χ4n) is 2.39. The van der Waals surface area contributed by atoms with Crippen molar-refractivity contribution < 1.29 is 9.53 Å². The monoisotopic (exact) mass is 262 g/mol. The average molecular weight is 262 g/mol. The number of methoxy groups -OCH3 is 1. The molecule has 0 unspecified atom stereocenters. The van der Waals surface area contributed by atoms with E-state index in [-0.39, 0.29) is 6.10 Å². The first-order chi connectivity index (χ1) is 9.17. The SMILES string of the molecule is CO[C@H]1CCN(c2cc(C(N)=O)nc(C3CC3)n2)C1. The van der Waals surface area contributed by atoms with Gasteiger partial charge in [-0.15, -0.1) is 0 Å². The molecule has 3 rings (SSSR count). The maximum absolute atomic E-state index is 11.4. The number of hydrogen-bond acceptors (Lipinski definition) is 5. The summed E-state index contributed by atoms with van der Waals surface area (Å²) in [7, 11) is 1.72. The van der Waals surface area contributed by atoms with Crippen molar-refractivity contribution in [1.29, 1.82) is 0 Å². The molecule has 1 aromatic heterocycles. The van der Waals surface area contributed by atoms with Gasteiger partial charge in [0.05, 0.1) is 6.10 Å². The van der Waals surface area contributed by atoms with Gasteiger partial charge in [0.2, 0.25) is 0 Å². The Morgan fingerprint density at radius 2 is 2.21 bits per heavy atom. The van der Waals surface area contributed by atoms with Crippen LogP contribution in [0.3, 0.4) is 0 Å². The Hall–Kier alpha value is -1.69. The van der Waals surface area contributed by atoms with Gasteiger partial charge in [-0.1, -0.05) is 0 Å². The van der Waals surface area contributed by atoms with Crippen molar-refractivity contribution in [2.45, 2.75) is 31.3 Å². The third-order valence-electron chi connectivity index (χ3n) is 3.73. The number of primary amides is 1. The lowest BCUT2D eigenvalue weighted by Crippen LogP contribution is -2.25. The van der Waals surface area contributed by atoms with Crippen molar-refractivity contribution >= 4 is 11.7 Å². The van der Waals surface area contributed by atoms with Crippen LogP contribution >= 0.6 is 0 Å². The molecule has 6 nitrogen and oxygen atoms in total. The van der Waals surface area contributed by atoms with E-state index >= 15 is 0 Å². The van der Waals surface area contributed by atoms with Crippen LogP contribution in [0.4, 0.5) is 5.82 Å². The maximum atomic E-state index is 11.4. The number of aromatic nitrogens is 2. The minimum Gasteiger partial charge on any atom is -0.380 e. The Bertz CT molecular complexity index is 501. The van der Waals surface area contributed by atoms with Crippen LogP contribution in [0.25, 0.3) is 0 Å². The van der Waals surface area contributed by atoms with Gasteiger partial charge >= 0.3 is 0 Å². The highest BCUT2D eigenvalue weighted by Gasteiger charge is 2.30. The minimum atomic E-state index is -0.493. The normalized spacial score (nSPS) is 22.8. The topological polar surface area (TPSA) is 81.3 Å². The molecule has 1 saturated heterocycles. The number of amides is 1. The lowest BCUT2D eigenvalue weighted by Gasteiger charge is -2.18. The van der Waals surface area contributed by atoms with Crippen molar-refractivity contribution in [3.63, 3.8) is 0 Å². The third kappa shape index (κ3) is 2.53. The number of nitrogens with zero attached hydrogens (tertiary/aromatic N) is 3. The van der Waals surface area contributed by atoms with Gasteiger partial charge in [0, 0.05) is 32.2 Å². The zero-order valence-electron chi connectivity index (χ0n) is 11.0. The Kier molecular flexibility index (Phi) is 3.10. The molecule has 0 radical (unpaired) electrons. The Morgan fingerprint density at radius 1 is 1.42 bits per heavy atom. The molecular formula is C13H18N4O2. The summed E-state index contributed by atoms with van der Waals surface area (Å²) in [6, 6.07) is 1.69. The van der Waals surface area contributed by atoms with E-state index in [2.05, 4.69) is 14.9 Å². The van der Waals surface area contributed by atoms with Crippen molar-refractivity contribution in [2.24, 2.45) is 5.73 Å². The van der Waals surface area contributed by atoms with E-state index in [1.165, 1.54) is 0 Å². The van der Waals surface area contributed by atoms with Crippen LogP contribution in [0.1, 0.15) is 41.5 Å². The second-order valence-electron chi connectivity index (χ2n) is 5.20. The molecule has 1 aromatic rings. The van der Waals surface area contributed by atoms with Crippen LogP contribution in [-0.2, 0) is 4.74 Å². The molecule has 2 fully saturated rings. The molecule has 0 bridgehead atoms. The molecule has 1 amide bonds. The van der Waals surface area contributed by atoms with Crippen LogP contribution in [0.2, 0.25) is 0 Å². The van der Waals surface area contributed by atoms with Crippen molar-refractivity contribution in [3.8, 4) is 0 Å². The molecule has 6 heteroatoms. The van der Waals surface area contributed by atoms with Crippen LogP contribution in [0.5, 0.6) is 0 Å². The van der Waals surface area contributed by atoms with Gasteiger partial charge in [0.1, 0.15) is 17.3 Å². The molecule has 2 heterocycles. The second kappa shape index (κ2) is 4.77. The van der Waals surface area contributed by atoms with Gasteiger partial charge in [-0.05, 0) is 19.3 Å². The van der Waals surface area contributed by atoms with Crippen LogP contribution in [0, 0.1) is 0 Å². The zero-order chi connectivity index (χ0) is 13.4. The molecular weight excluding hydrogens is 244 g/mol. The molecule has 1 atom stereocenters. The summed E-state index contributed by atoms with van der Waals surface area (Å²) in [6.07, 6.45) is 3.41. The highest BCUT2D eigenvalue weighted by molar-refractivity contribution is 5.91. The molecule has 2 aliphatic rings. The minimum absolute atomic E-state index is 0.233. The predicted molar refractivity (Wildman–Crippen MR) is 70.2 cm³/mol. The van der Waals surface area contributed by atoms with E-state index in [9.17, 15) is 4.79 Å². The largest absolute Gasteiger partial charge is 0.380 e. The number of nitrogens with two attached hydrogens (primary N) is 1. The van der Waals surface area contributed by atoms with E-state index < -0.39 is 5.91 Å². The Labute approximate surface area is 112 Å². The quantitative estimate of drug-likeness (QED) is 0.862. The summed E-state index contributed by atoms with van der Waals surface area (Å²) < 4.78 is 5.35. The van der Waals surface area contributed by atoms with Gasteiger partial charge in [0.25, 0.3) is 5.91 Å². The highest BCUT2D eigenvalue weighted by atomic mass is 16.5. The fourth-order valence-corrected chi connectivity index (χ4v) is 2.39. The first-order valence-corrected chi connectivity index (χ1v) is 6.64. The summed E-state index contributed by atoms with van der Waals surface area (Å²) in [5.74, 6) is 1.46. The lowest BCUT2D eigenvalue weighted by atomic mass is 10.3. The molecule has 0 spiro atoms.